The molecule has 1 atom stereocenters. The predicted molar refractivity (Wildman–Crippen MR) is 76.6 cm³/mol. The first-order chi connectivity index (χ1) is 8.35. The molecule has 1 saturated carbocycles. The SMILES string of the molecule is CCC(C)(C)C1CCC(O)(C(C)CCOC)CC1. The molecule has 1 fully saturated rings. The molecule has 0 bridgehead atoms. The van der Waals surface area contributed by atoms with E-state index in [9.17, 15) is 5.11 Å². The molecule has 1 aliphatic rings. The highest BCUT2D eigenvalue weighted by molar-refractivity contribution is 4.92. The first-order valence-corrected chi connectivity index (χ1v) is 7.57. The summed E-state index contributed by atoms with van der Waals surface area (Å²) < 4.78 is 5.13. The van der Waals surface area contributed by atoms with Crippen molar-refractivity contribution in [2.45, 2.75) is 71.8 Å². The molecule has 0 aromatic rings. The van der Waals surface area contributed by atoms with Gasteiger partial charge in [0.2, 0.25) is 0 Å². The van der Waals surface area contributed by atoms with Crippen LogP contribution >= 0.6 is 0 Å². The summed E-state index contributed by atoms with van der Waals surface area (Å²) >= 11 is 0. The third-order valence-corrected chi connectivity index (χ3v) is 5.54. The molecule has 0 aromatic heterocycles. The summed E-state index contributed by atoms with van der Waals surface area (Å²) in [5.41, 5.74) is -0.0179. The van der Waals surface area contributed by atoms with Crippen LogP contribution in [0.1, 0.15) is 66.2 Å². The zero-order valence-electron chi connectivity index (χ0n) is 13.0. The largest absolute Gasteiger partial charge is 0.390 e. The maximum Gasteiger partial charge on any atom is 0.0674 e. The van der Waals surface area contributed by atoms with E-state index in [-0.39, 0.29) is 0 Å². The molecule has 1 rings (SSSR count). The molecule has 0 heterocycles. The van der Waals surface area contributed by atoms with Crippen molar-refractivity contribution in [3.8, 4) is 0 Å². The number of aliphatic hydroxyl groups is 1. The van der Waals surface area contributed by atoms with Crippen LogP contribution in [0.4, 0.5) is 0 Å². The molecule has 1 N–H and O–H groups in total. The molecule has 0 spiro atoms. The van der Waals surface area contributed by atoms with Crippen LogP contribution in [0.3, 0.4) is 0 Å². The quantitative estimate of drug-likeness (QED) is 0.778. The van der Waals surface area contributed by atoms with Crippen molar-refractivity contribution >= 4 is 0 Å². The van der Waals surface area contributed by atoms with Gasteiger partial charge >= 0.3 is 0 Å². The minimum Gasteiger partial charge on any atom is -0.390 e. The Morgan fingerprint density at radius 1 is 1.33 bits per heavy atom. The first kappa shape index (κ1) is 16.0. The molecule has 0 saturated heterocycles. The van der Waals surface area contributed by atoms with Crippen molar-refractivity contribution in [3.05, 3.63) is 0 Å². The summed E-state index contributed by atoms with van der Waals surface area (Å²) in [7, 11) is 1.73. The van der Waals surface area contributed by atoms with Crippen molar-refractivity contribution in [1.82, 2.24) is 0 Å². The van der Waals surface area contributed by atoms with E-state index in [0.717, 1.165) is 31.8 Å². The first-order valence-electron chi connectivity index (χ1n) is 7.57. The molecule has 0 aliphatic heterocycles. The molecule has 2 nitrogen and oxygen atoms in total. The molecule has 108 valence electrons. The number of methoxy groups -OCH3 is 1. The zero-order chi connectivity index (χ0) is 13.8. The molecule has 1 unspecified atom stereocenters. The zero-order valence-corrected chi connectivity index (χ0v) is 13.0. The van der Waals surface area contributed by atoms with Crippen LogP contribution in [0.5, 0.6) is 0 Å². The second kappa shape index (κ2) is 6.38. The standard InChI is InChI=1S/C16H32O2/c1-6-15(3,4)14-7-10-16(17,11-8-14)13(2)9-12-18-5/h13-14,17H,6-12H2,1-5H3. The summed E-state index contributed by atoms with van der Waals surface area (Å²) in [6.45, 7) is 9.95. The Morgan fingerprint density at radius 2 is 1.89 bits per heavy atom. The Balaban J connectivity index is 2.51. The van der Waals surface area contributed by atoms with Crippen LogP contribution < -0.4 is 0 Å². The van der Waals surface area contributed by atoms with Gasteiger partial charge in [-0.1, -0.05) is 34.1 Å². The normalized spacial score (nSPS) is 31.3. The molecule has 0 aromatic carbocycles. The smallest absolute Gasteiger partial charge is 0.0674 e. The van der Waals surface area contributed by atoms with Gasteiger partial charge in [-0.05, 0) is 49.4 Å². The van der Waals surface area contributed by atoms with Gasteiger partial charge in [0.1, 0.15) is 0 Å². The van der Waals surface area contributed by atoms with Crippen LogP contribution in [0.15, 0.2) is 0 Å². The lowest BCUT2D eigenvalue weighted by Crippen LogP contribution is -2.43. The maximum atomic E-state index is 10.8. The number of rotatable bonds is 6. The Kier molecular flexibility index (Phi) is 5.67. The monoisotopic (exact) mass is 256 g/mol. The molecular weight excluding hydrogens is 224 g/mol. The molecular formula is C16H32O2. The van der Waals surface area contributed by atoms with E-state index in [1.165, 1.54) is 19.3 Å². The van der Waals surface area contributed by atoms with E-state index < -0.39 is 5.60 Å². The second-order valence-corrected chi connectivity index (χ2v) is 6.90. The van der Waals surface area contributed by atoms with Crippen molar-refractivity contribution in [2.24, 2.45) is 17.3 Å². The van der Waals surface area contributed by atoms with Gasteiger partial charge in [0, 0.05) is 13.7 Å². The van der Waals surface area contributed by atoms with Crippen LogP contribution in [-0.4, -0.2) is 24.4 Å². The van der Waals surface area contributed by atoms with E-state index >= 15 is 0 Å². The summed E-state index contributed by atoms with van der Waals surface area (Å²) in [5.74, 6) is 1.13. The van der Waals surface area contributed by atoms with E-state index in [1.807, 2.05) is 0 Å². The van der Waals surface area contributed by atoms with Gasteiger partial charge in [-0.25, -0.2) is 0 Å². The Labute approximate surface area is 113 Å². The highest BCUT2D eigenvalue weighted by Gasteiger charge is 2.41. The van der Waals surface area contributed by atoms with Crippen LogP contribution in [0.25, 0.3) is 0 Å². The average molecular weight is 256 g/mol. The van der Waals surface area contributed by atoms with Gasteiger partial charge in [0.15, 0.2) is 0 Å². The third-order valence-electron chi connectivity index (χ3n) is 5.54. The Morgan fingerprint density at radius 3 is 2.33 bits per heavy atom. The van der Waals surface area contributed by atoms with Crippen LogP contribution in [0, 0.1) is 17.3 Å². The molecule has 0 radical (unpaired) electrons. The van der Waals surface area contributed by atoms with Gasteiger partial charge in [-0.15, -0.1) is 0 Å². The number of hydrogen-bond acceptors (Lipinski definition) is 2. The van der Waals surface area contributed by atoms with Gasteiger partial charge < -0.3 is 9.84 Å². The average Bonchev–Trinajstić information content (AvgIpc) is 2.36. The maximum absolute atomic E-state index is 10.8. The van der Waals surface area contributed by atoms with E-state index in [2.05, 4.69) is 27.7 Å². The van der Waals surface area contributed by atoms with Crippen molar-refractivity contribution < 1.29 is 9.84 Å². The lowest BCUT2D eigenvalue weighted by molar-refractivity contribution is -0.0729. The van der Waals surface area contributed by atoms with Crippen molar-refractivity contribution in [3.63, 3.8) is 0 Å². The van der Waals surface area contributed by atoms with E-state index in [4.69, 9.17) is 4.74 Å². The fourth-order valence-corrected chi connectivity index (χ4v) is 3.24. The Bertz CT molecular complexity index is 239. The minimum atomic E-state index is -0.446. The molecule has 18 heavy (non-hydrogen) atoms. The molecule has 1 aliphatic carbocycles. The summed E-state index contributed by atoms with van der Waals surface area (Å²) in [4.78, 5) is 0. The fraction of sp³-hybridized carbons (Fsp3) is 1.00. The number of hydrogen-bond donors (Lipinski definition) is 1. The summed E-state index contributed by atoms with van der Waals surface area (Å²) in [5, 5.41) is 10.8. The lowest BCUT2D eigenvalue weighted by Gasteiger charge is -2.45. The summed E-state index contributed by atoms with van der Waals surface area (Å²) in [6, 6.07) is 0. The van der Waals surface area contributed by atoms with E-state index in [1.54, 1.807) is 7.11 Å². The van der Waals surface area contributed by atoms with E-state index in [0.29, 0.717) is 11.3 Å². The van der Waals surface area contributed by atoms with Crippen molar-refractivity contribution in [1.29, 1.82) is 0 Å². The highest BCUT2D eigenvalue weighted by Crippen LogP contribution is 2.45. The van der Waals surface area contributed by atoms with Crippen molar-refractivity contribution in [2.75, 3.05) is 13.7 Å². The Hall–Kier alpha value is -0.0800. The topological polar surface area (TPSA) is 29.5 Å². The molecule has 0 amide bonds. The lowest BCUT2D eigenvalue weighted by atomic mass is 9.64. The predicted octanol–water partition coefficient (Wildman–Crippen LogP) is 4.02. The van der Waals surface area contributed by atoms with Crippen LogP contribution in [-0.2, 0) is 4.74 Å². The highest BCUT2D eigenvalue weighted by atomic mass is 16.5. The van der Waals surface area contributed by atoms with Gasteiger partial charge in [-0.2, -0.15) is 0 Å². The van der Waals surface area contributed by atoms with Gasteiger partial charge in [0.05, 0.1) is 5.60 Å². The van der Waals surface area contributed by atoms with Gasteiger partial charge in [-0.3, -0.25) is 0 Å². The summed E-state index contributed by atoms with van der Waals surface area (Å²) in [6.07, 6.45) is 6.48. The minimum absolute atomic E-state index is 0.350. The number of ether oxygens (including phenoxy) is 1. The molecule has 2 heteroatoms. The fourth-order valence-electron chi connectivity index (χ4n) is 3.24. The second-order valence-electron chi connectivity index (χ2n) is 6.90. The third kappa shape index (κ3) is 3.71. The van der Waals surface area contributed by atoms with Crippen LogP contribution in [0.2, 0.25) is 0 Å². The van der Waals surface area contributed by atoms with Gasteiger partial charge in [0.25, 0.3) is 0 Å².